The normalized spacial score (nSPS) is 10.7. The van der Waals surface area contributed by atoms with Gasteiger partial charge in [0.1, 0.15) is 0 Å². The Labute approximate surface area is 100 Å². The van der Waals surface area contributed by atoms with Gasteiger partial charge in [-0.2, -0.15) is 0 Å². The van der Waals surface area contributed by atoms with Crippen LogP contribution in [0.15, 0.2) is 23.7 Å². The van der Waals surface area contributed by atoms with E-state index < -0.39 is 0 Å². The molecule has 84 valence electrons. The Morgan fingerprint density at radius 1 is 1.31 bits per heavy atom. The number of rotatable bonds is 3. The van der Waals surface area contributed by atoms with E-state index in [0.717, 1.165) is 12.1 Å². The molecule has 0 atom stereocenters. The number of nitrogens with zero attached hydrogens (tertiary/aromatic N) is 1. The van der Waals surface area contributed by atoms with Crippen molar-refractivity contribution in [2.45, 2.75) is 20.3 Å². The van der Waals surface area contributed by atoms with Crippen LogP contribution in [0.4, 0.5) is 0 Å². The molecule has 1 aromatic carbocycles. The van der Waals surface area contributed by atoms with Crippen LogP contribution in [0.3, 0.4) is 0 Å². The first kappa shape index (κ1) is 11.3. The summed E-state index contributed by atoms with van der Waals surface area (Å²) in [4.78, 5) is 5.65. The van der Waals surface area contributed by atoms with Gasteiger partial charge in [0.15, 0.2) is 0 Å². The molecular weight excluding hydrogens is 216 g/mol. The first-order chi connectivity index (χ1) is 7.72. The monoisotopic (exact) mass is 232 g/mol. The van der Waals surface area contributed by atoms with Gasteiger partial charge in [-0.25, -0.2) is 4.98 Å². The third-order valence-corrected chi connectivity index (χ3v) is 3.55. The number of hydrogen-bond acceptors (Lipinski definition) is 3. The predicted molar refractivity (Wildman–Crippen MR) is 69.8 cm³/mol. The second kappa shape index (κ2) is 4.76. The molecule has 0 aliphatic rings. The summed E-state index contributed by atoms with van der Waals surface area (Å²) in [6, 6.07) is 6.54. The topological polar surface area (TPSA) is 38.9 Å². The van der Waals surface area contributed by atoms with E-state index in [1.807, 2.05) is 5.51 Å². The average Bonchev–Trinajstić information content (AvgIpc) is 2.67. The van der Waals surface area contributed by atoms with Gasteiger partial charge in [-0.3, -0.25) is 0 Å². The van der Waals surface area contributed by atoms with Gasteiger partial charge in [-0.1, -0.05) is 23.8 Å². The fourth-order valence-electron chi connectivity index (χ4n) is 1.87. The van der Waals surface area contributed by atoms with E-state index >= 15 is 0 Å². The lowest BCUT2D eigenvalue weighted by Gasteiger charge is -2.06. The molecule has 0 spiro atoms. The molecular formula is C13H16N2S. The van der Waals surface area contributed by atoms with Crippen LogP contribution < -0.4 is 5.73 Å². The summed E-state index contributed by atoms with van der Waals surface area (Å²) in [5, 5.41) is 0. The standard InChI is InChI=1S/C13H16N2S/c1-9-3-4-11(10(2)7-9)13-12(5-6-14)15-8-16-13/h3-4,7-8H,5-6,14H2,1-2H3. The molecule has 0 unspecified atom stereocenters. The Balaban J connectivity index is 2.46. The highest BCUT2D eigenvalue weighted by Gasteiger charge is 2.10. The fourth-order valence-corrected chi connectivity index (χ4v) is 2.80. The van der Waals surface area contributed by atoms with Crippen molar-refractivity contribution in [2.24, 2.45) is 5.73 Å². The minimum absolute atomic E-state index is 0.654. The highest BCUT2D eigenvalue weighted by atomic mass is 32.1. The number of aryl methyl sites for hydroxylation is 2. The Morgan fingerprint density at radius 2 is 2.12 bits per heavy atom. The number of nitrogens with two attached hydrogens (primary N) is 1. The van der Waals surface area contributed by atoms with E-state index in [1.165, 1.54) is 21.6 Å². The average molecular weight is 232 g/mol. The van der Waals surface area contributed by atoms with Crippen molar-refractivity contribution < 1.29 is 0 Å². The summed E-state index contributed by atoms with van der Waals surface area (Å²) in [7, 11) is 0. The van der Waals surface area contributed by atoms with Gasteiger partial charge in [0.05, 0.1) is 16.1 Å². The molecule has 0 amide bonds. The van der Waals surface area contributed by atoms with Gasteiger partial charge in [0, 0.05) is 6.42 Å². The van der Waals surface area contributed by atoms with Crippen molar-refractivity contribution in [1.29, 1.82) is 0 Å². The Morgan fingerprint density at radius 3 is 2.81 bits per heavy atom. The maximum absolute atomic E-state index is 5.59. The summed E-state index contributed by atoms with van der Waals surface area (Å²) in [5.74, 6) is 0. The zero-order chi connectivity index (χ0) is 11.5. The molecule has 0 saturated carbocycles. The van der Waals surface area contributed by atoms with Crippen LogP contribution in [-0.4, -0.2) is 11.5 Å². The lowest BCUT2D eigenvalue weighted by molar-refractivity contribution is 0.937. The molecule has 2 rings (SSSR count). The predicted octanol–water partition coefficient (Wildman–Crippen LogP) is 2.93. The van der Waals surface area contributed by atoms with Crippen molar-refractivity contribution in [3.63, 3.8) is 0 Å². The van der Waals surface area contributed by atoms with Crippen LogP contribution in [0.1, 0.15) is 16.8 Å². The molecule has 2 N–H and O–H groups in total. The van der Waals surface area contributed by atoms with Crippen LogP contribution in [0, 0.1) is 13.8 Å². The van der Waals surface area contributed by atoms with Crippen molar-refractivity contribution in [1.82, 2.24) is 4.98 Å². The second-order valence-corrected chi connectivity index (χ2v) is 4.84. The Kier molecular flexibility index (Phi) is 3.36. The van der Waals surface area contributed by atoms with Crippen molar-refractivity contribution in [3.8, 4) is 10.4 Å². The van der Waals surface area contributed by atoms with Crippen molar-refractivity contribution in [2.75, 3.05) is 6.54 Å². The van der Waals surface area contributed by atoms with E-state index in [-0.39, 0.29) is 0 Å². The van der Waals surface area contributed by atoms with E-state index in [2.05, 4.69) is 37.0 Å². The molecule has 0 radical (unpaired) electrons. The fraction of sp³-hybridized carbons (Fsp3) is 0.308. The van der Waals surface area contributed by atoms with Crippen molar-refractivity contribution >= 4 is 11.3 Å². The molecule has 3 heteroatoms. The molecule has 0 bridgehead atoms. The molecule has 2 nitrogen and oxygen atoms in total. The van der Waals surface area contributed by atoms with Gasteiger partial charge in [-0.15, -0.1) is 11.3 Å². The maximum atomic E-state index is 5.59. The summed E-state index contributed by atoms with van der Waals surface area (Å²) in [5.41, 5.74) is 12.5. The van der Waals surface area contributed by atoms with Gasteiger partial charge >= 0.3 is 0 Å². The number of aromatic nitrogens is 1. The van der Waals surface area contributed by atoms with Crippen LogP contribution in [-0.2, 0) is 6.42 Å². The molecule has 1 aromatic heterocycles. The van der Waals surface area contributed by atoms with E-state index in [1.54, 1.807) is 11.3 Å². The minimum atomic E-state index is 0.654. The number of thiazole rings is 1. The SMILES string of the molecule is Cc1ccc(-c2scnc2CCN)c(C)c1. The quantitative estimate of drug-likeness (QED) is 0.883. The Bertz CT molecular complexity index is 488. The van der Waals surface area contributed by atoms with Crippen molar-refractivity contribution in [3.05, 3.63) is 40.5 Å². The maximum Gasteiger partial charge on any atom is 0.0801 e. The second-order valence-electron chi connectivity index (χ2n) is 3.99. The Hall–Kier alpha value is -1.19. The summed E-state index contributed by atoms with van der Waals surface area (Å²) >= 11 is 1.70. The molecule has 0 saturated heterocycles. The molecule has 0 aliphatic carbocycles. The smallest absolute Gasteiger partial charge is 0.0801 e. The first-order valence-electron chi connectivity index (χ1n) is 5.42. The van der Waals surface area contributed by atoms with Crippen LogP contribution >= 0.6 is 11.3 Å². The highest BCUT2D eigenvalue weighted by Crippen LogP contribution is 2.30. The molecule has 0 fully saturated rings. The third-order valence-electron chi connectivity index (χ3n) is 2.65. The minimum Gasteiger partial charge on any atom is -0.330 e. The zero-order valence-electron chi connectivity index (χ0n) is 9.66. The summed E-state index contributed by atoms with van der Waals surface area (Å²) < 4.78 is 0. The third kappa shape index (κ3) is 2.15. The molecule has 1 heterocycles. The highest BCUT2D eigenvalue weighted by molar-refractivity contribution is 7.13. The van der Waals surface area contributed by atoms with E-state index in [4.69, 9.17) is 5.73 Å². The van der Waals surface area contributed by atoms with Gasteiger partial charge in [0.25, 0.3) is 0 Å². The van der Waals surface area contributed by atoms with Crippen LogP contribution in [0.2, 0.25) is 0 Å². The zero-order valence-corrected chi connectivity index (χ0v) is 10.5. The van der Waals surface area contributed by atoms with E-state index in [0.29, 0.717) is 6.54 Å². The van der Waals surface area contributed by atoms with Gasteiger partial charge < -0.3 is 5.73 Å². The molecule has 2 aromatic rings. The van der Waals surface area contributed by atoms with Gasteiger partial charge in [0.2, 0.25) is 0 Å². The number of hydrogen-bond donors (Lipinski definition) is 1. The van der Waals surface area contributed by atoms with Crippen LogP contribution in [0.5, 0.6) is 0 Å². The lowest BCUT2D eigenvalue weighted by Crippen LogP contribution is -2.03. The largest absolute Gasteiger partial charge is 0.330 e. The summed E-state index contributed by atoms with van der Waals surface area (Å²) in [6.07, 6.45) is 0.853. The molecule has 0 aliphatic heterocycles. The number of benzene rings is 1. The van der Waals surface area contributed by atoms with E-state index in [9.17, 15) is 0 Å². The lowest BCUT2D eigenvalue weighted by atomic mass is 10.0. The molecule has 16 heavy (non-hydrogen) atoms. The van der Waals surface area contributed by atoms with Crippen LogP contribution in [0.25, 0.3) is 10.4 Å². The first-order valence-corrected chi connectivity index (χ1v) is 6.30. The summed E-state index contributed by atoms with van der Waals surface area (Å²) in [6.45, 7) is 4.92. The van der Waals surface area contributed by atoms with Gasteiger partial charge in [-0.05, 0) is 31.5 Å².